The molecule has 0 aliphatic carbocycles. The van der Waals surface area contributed by atoms with Crippen LogP contribution in [0.25, 0.3) is 0 Å². The van der Waals surface area contributed by atoms with Gasteiger partial charge in [-0.1, -0.05) is 0 Å². The fourth-order valence-corrected chi connectivity index (χ4v) is 2.11. The van der Waals surface area contributed by atoms with Crippen LogP contribution in [0.15, 0.2) is 15.9 Å². The number of ketones is 1. The van der Waals surface area contributed by atoms with Crippen molar-refractivity contribution in [1.29, 1.82) is 0 Å². The van der Waals surface area contributed by atoms with E-state index in [2.05, 4.69) is 20.7 Å². The van der Waals surface area contributed by atoms with Crippen LogP contribution in [0.4, 0.5) is 13.2 Å². The number of alkyl halides is 3. The Balaban J connectivity index is 2.37. The van der Waals surface area contributed by atoms with Gasteiger partial charge < -0.3 is 4.74 Å². The number of ether oxygens (including phenoxy) is 1. The van der Waals surface area contributed by atoms with Gasteiger partial charge in [-0.2, -0.15) is 13.2 Å². The molecule has 0 aromatic carbocycles. The van der Waals surface area contributed by atoms with Gasteiger partial charge in [0.2, 0.25) is 0 Å². The Morgan fingerprint density at radius 1 is 1.47 bits per heavy atom. The van der Waals surface area contributed by atoms with Crippen LogP contribution in [-0.2, 0) is 4.74 Å². The van der Waals surface area contributed by atoms with Gasteiger partial charge >= 0.3 is 6.18 Å². The number of rotatable bonds is 4. The third-order valence-electron chi connectivity index (χ3n) is 1.35. The molecule has 0 unspecified atom stereocenters. The van der Waals surface area contributed by atoms with Crippen molar-refractivity contribution in [3.63, 3.8) is 0 Å². The minimum Gasteiger partial charge on any atom is -0.364 e. The molecule has 0 N–H and O–H groups in total. The Hall–Kier alpha value is -0.400. The molecule has 0 aliphatic rings. The molecule has 0 saturated heterocycles. The second-order valence-electron chi connectivity index (χ2n) is 2.63. The molecule has 0 bridgehead atoms. The lowest BCUT2D eigenvalue weighted by Crippen LogP contribution is -2.20. The number of Topliss-reactive ketones (excluding diaryl/α,β-unsaturated/α-hetero) is 1. The lowest BCUT2D eigenvalue weighted by Gasteiger charge is -2.05. The molecule has 84 valence electrons. The van der Waals surface area contributed by atoms with Gasteiger partial charge in [-0.25, -0.2) is 0 Å². The number of hydrogen-bond acceptors (Lipinski definition) is 3. The van der Waals surface area contributed by atoms with Crippen molar-refractivity contribution >= 4 is 33.0 Å². The molecule has 0 radical (unpaired) electrons. The van der Waals surface area contributed by atoms with E-state index in [1.165, 1.54) is 6.07 Å². The van der Waals surface area contributed by atoms with E-state index in [0.717, 1.165) is 15.1 Å². The minimum atomic E-state index is -4.39. The number of hydrogen-bond donors (Lipinski definition) is 0. The summed E-state index contributed by atoms with van der Waals surface area (Å²) in [6, 6.07) is 3.19. The summed E-state index contributed by atoms with van der Waals surface area (Å²) in [5.41, 5.74) is 0. The van der Waals surface area contributed by atoms with E-state index in [0.29, 0.717) is 4.88 Å². The molecular formula is C8H6BrF3O2S. The first-order valence-corrected chi connectivity index (χ1v) is 5.42. The number of carbonyl (C=O) groups is 1. The molecule has 0 saturated carbocycles. The molecule has 1 rings (SSSR count). The molecule has 15 heavy (non-hydrogen) atoms. The molecule has 1 heterocycles. The summed E-state index contributed by atoms with van der Waals surface area (Å²) in [5.74, 6) is -0.449. The quantitative estimate of drug-likeness (QED) is 0.798. The van der Waals surface area contributed by atoms with E-state index in [9.17, 15) is 18.0 Å². The molecule has 0 spiro atoms. The zero-order chi connectivity index (χ0) is 11.5. The summed E-state index contributed by atoms with van der Waals surface area (Å²) in [4.78, 5) is 11.6. The van der Waals surface area contributed by atoms with Crippen molar-refractivity contribution in [2.45, 2.75) is 6.18 Å². The van der Waals surface area contributed by atoms with Crippen LogP contribution in [0.5, 0.6) is 0 Å². The topological polar surface area (TPSA) is 26.3 Å². The SMILES string of the molecule is O=C(COCC(F)(F)F)c1ccc(Br)s1. The fraction of sp³-hybridized carbons (Fsp3) is 0.375. The minimum absolute atomic E-state index is 0.379. The average Bonchev–Trinajstić information content (AvgIpc) is 2.49. The highest BCUT2D eigenvalue weighted by atomic mass is 79.9. The Kier molecular flexibility index (Phi) is 4.30. The Labute approximate surface area is 96.2 Å². The van der Waals surface area contributed by atoms with Crippen LogP contribution in [0, 0.1) is 0 Å². The molecule has 7 heteroatoms. The third kappa shape index (κ3) is 4.76. The van der Waals surface area contributed by atoms with Crippen molar-refractivity contribution in [3.8, 4) is 0 Å². The number of carbonyl (C=O) groups excluding carboxylic acids is 1. The van der Waals surface area contributed by atoms with Crippen molar-refractivity contribution in [3.05, 3.63) is 20.8 Å². The molecule has 2 nitrogen and oxygen atoms in total. The maximum absolute atomic E-state index is 11.7. The number of halogens is 4. The molecule has 1 aromatic rings. The van der Waals surface area contributed by atoms with Gasteiger partial charge in [0.25, 0.3) is 0 Å². The predicted molar refractivity (Wildman–Crippen MR) is 53.2 cm³/mol. The van der Waals surface area contributed by atoms with E-state index in [1.807, 2.05) is 0 Å². The summed E-state index contributed by atoms with van der Waals surface area (Å²) in [7, 11) is 0. The lowest BCUT2D eigenvalue weighted by molar-refractivity contribution is -0.170. The van der Waals surface area contributed by atoms with E-state index >= 15 is 0 Å². The lowest BCUT2D eigenvalue weighted by atomic mass is 10.3. The van der Waals surface area contributed by atoms with Crippen LogP contribution in [0.2, 0.25) is 0 Å². The Morgan fingerprint density at radius 3 is 2.60 bits per heavy atom. The van der Waals surface area contributed by atoms with Gasteiger partial charge in [0, 0.05) is 0 Å². The van der Waals surface area contributed by atoms with Crippen molar-refractivity contribution in [2.24, 2.45) is 0 Å². The van der Waals surface area contributed by atoms with Gasteiger partial charge in [-0.05, 0) is 28.1 Å². The van der Waals surface area contributed by atoms with Crippen LogP contribution in [-0.4, -0.2) is 25.2 Å². The molecule has 1 aromatic heterocycles. The molecule has 0 atom stereocenters. The van der Waals surface area contributed by atoms with E-state index in [1.54, 1.807) is 6.07 Å². The highest BCUT2D eigenvalue weighted by Gasteiger charge is 2.27. The van der Waals surface area contributed by atoms with Crippen molar-refractivity contribution < 1.29 is 22.7 Å². The second-order valence-corrected chi connectivity index (χ2v) is 5.10. The van der Waals surface area contributed by atoms with Gasteiger partial charge in [-0.15, -0.1) is 11.3 Å². The first-order valence-electron chi connectivity index (χ1n) is 3.81. The largest absolute Gasteiger partial charge is 0.411 e. The summed E-state index contributed by atoms with van der Waals surface area (Å²) in [5, 5.41) is 0. The highest BCUT2D eigenvalue weighted by Crippen LogP contribution is 2.22. The summed E-state index contributed by atoms with van der Waals surface area (Å²) >= 11 is 4.31. The number of thiophene rings is 1. The van der Waals surface area contributed by atoms with Gasteiger partial charge in [0.05, 0.1) is 8.66 Å². The summed E-state index contributed by atoms with van der Waals surface area (Å²) < 4.78 is 40.0. The van der Waals surface area contributed by atoms with Crippen LogP contribution < -0.4 is 0 Å². The third-order valence-corrected chi connectivity index (χ3v) is 3.01. The zero-order valence-corrected chi connectivity index (χ0v) is 9.71. The average molecular weight is 303 g/mol. The first-order chi connectivity index (χ1) is 6.88. The molecule has 0 fully saturated rings. The van der Waals surface area contributed by atoms with Gasteiger partial charge in [0.15, 0.2) is 5.78 Å². The molecule has 0 amide bonds. The summed E-state index contributed by atoms with van der Waals surface area (Å²) in [6.45, 7) is -1.95. The monoisotopic (exact) mass is 302 g/mol. The van der Waals surface area contributed by atoms with Crippen LogP contribution in [0.1, 0.15) is 9.67 Å². The standard InChI is InChI=1S/C8H6BrF3O2S/c9-7-2-1-6(15-7)5(13)3-14-4-8(10,11)12/h1-2H,3-4H2. The fourth-order valence-electron chi connectivity index (χ4n) is 0.795. The maximum Gasteiger partial charge on any atom is 0.411 e. The maximum atomic E-state index is 11.7. The predicted octanol–water partition coefficient (Wildman–Crippen LogP) is 3.27. The van der Waals surface area contributed by atoms with Crippen molar-refractivity contribution in [2.75, 3.05) is 13.2 Å². The second kappa shape index (κ2) is 5.09. The van der Waals surface area contributed by atoms with Crippen molar-refractivity contribution in [1.82, 2.24) is 0 Å². The van der Waals surface area contributed by atoms with E-state index in [4.69, 9.17) is 0 Å². The first kappa shape index (κ1) is 12.7. The van der Waals surface area contributed by atoms with Crippen LogP contribution >= 0.6 is 27.3 Å². The van der Waals surface area contributed by atoms with Gasteiger partial charge in [-0.3, -0.25) is 4.79 Å². The van der Waals surface area contributed by atoms with Crippen LogP contribution in [0.3, 0.4) is 0 Å². The molecular weight excluding hydrogens is 297 g/mol. The smallest absolute Gasteiger partial charge is 0.364 e. The Morgan fingerprint density at radius 2 is 2.13 bits per heavy atom. The zero-order valence-electron chi connectivity index (χ0n) is 7.31. The molecule has 0 aliphatic heterocycles. The summed E-state index contributed by atoms with van der Waals surface area (Å²) in [6.07, 6.45) is -4.39. The Bertz CT molecular complexity index is 348. The van der Waals surface area contributed by atoms with Gasteiger partial charge in [0.1, 0.15) is 13.2 Å². The normalized spacial score (nSPS) is 11.7. The van der Waals surface area contributed by atoms with E-state index < -0.39 is 25.2 Å². The van der Waals surface area contributed by atoms with E-state index in [-0.39, 0.29) is 0 Å². The highest BCUT2D eigenvalue weighted by molar-refractivity contribution is 9.11.